The number of imidazole rings is 1. The van der Waals surface area contributed by atoms with Crippen LogP contribution in [0.5, 0.6) is 0 Å². The van der Waals surface area contributed by atoms with Crippen molar-refractivity contribution in [2.24, 2.45) is 0 Å². The minimum absolute atomic E-state index is 0.186. The van der Waals surface area contributed by atoms with Crippen LogP contribution in [0.15, 0.2) is 36.9 Å². The lowest BCUT2D eigenvalue weighted by atomic mass is 9.97. The molecule has 0 N–H and O–H groups in total. The van der Waals surface area contributed by atoms with Gasteiger partial charge in [-0.25, -0.2) is 4.98 Å². The topological polar surface area (TPSA) is 63.5 Å². The van der Waals surface area contributed by atoms with Crippen LogP contribution in [-0.4, -0.2) is 77.2 Å². The number of hydrogen-bond acceptors (Lipinski definition) is 5. The first-order chi connectivity index (χ1) is 13.2. The second-order valence-electron chi connectivity index (χ2n) is 7.18. The number of piperidine rings is 1. The fourth-order valence-electron chi connectivity index (χ4n) is 3.57. The van der Waals surface area contributed by atoms with E-state index in [1.807, 2.05) is 53.8 Å². The number of carbonyl (C=O) groups is 1. The smallest absolute Gasteiger partial charge is 0.236 e. The molecule has 1 aliphatic heterocycles. The van der Waals surface area contributed by atoms with Crippen molar-refractivity contribution in [2.45, 2.75) is 25.3 Å². The van der Waals surface area contributed by atoms with E-state index in [0.29, 0.717) is 13.2 Å². The molecule has 0 aliphatic carbocycles. The average molecular weight is 371 g/mol. The Morgan fingerprint density at radius 2 is 2.15 bits per heavy atom. The van der Waals surface area contributed by atoms with Crippen molar-refractivity contribution in [1.29, 1.82) is 0 Å². The third-order valence-electron chi connectivity index (χ3n) is 5.07. The molecule has 7 heteroatoms. The van der Waals surface area contributed by atoms with E-state index in [9.17, 15) is 4.79 Å². The summed E-state index contributed by atoms with van der Waals surface area (Å²) in [5.74, 6) is 1.53. The van der Waals surface area contributed by atoms with Gasteiger partial charge in [0.15, 0.2) is 0 Å². The van der Waals surface area contributed by atoms with E-state index in [1.165, 1.54) is 5.56 Å². The Morgan fingerprint density at radius 3 is 2.93 bits per heavy atom. The van der Waals surface area contributed by atoms with Crippen LogP contribution in [0.4, 0.5) is 0 Å². The third-order valence-corrected chi connectivity index (χ3v) is 5.07. The van der Waals surface area contributed by atoms with Gasteiger partial charge in [0.1, 0.15) is 5.82 Å². The number of aromatic nitrogens is 3. The van der Waals surface area contributed by atoms with Crippen LogP contribution in [0, 0.1) is 0 Å². The van der Waals surface area contributed by atoms with Gasteiger partial charge in [-0.15, -0.1) is 0 Å². The van der Waals surface area contributed by atoms with Crippen molar-refractivity contribution in [2.75, 3.05) is 46.9 Å². The van der Waals surface area contributed by atoms with Crippen LogP contribution in [-0.2, 0) is 16.1 Å². The molecule has 0 radical (unpaired) electrons. The van der Waals surface area contributed by atoms with E-state index >= 15 is 0 Å². The molecule has 2 aromatic heterocycles. The van der Waals surface area contributed by atoms with Gasteiger partial charge in [-0.1, -0.05) is 0 Å². The molecule has 2 aromatic rings. The number of pyridine rings is 1. The molecule has 3 rings (SSSR count). The fraction of sp³-hybridized carbons (Fsp3) is 0.550. The molecule has 3 heterocycles. The van der Waals surface area contributed by atoms with E-state index in [1.54, 1.807) is 7.11 Å². The molecule has 1 aliphatic rings. The Labute approximate surface area is 161 Å². The maximum atomic E-state index is 12.7. The maximum absolute atomic E-state index is 12.7. The van der Waals surface area contributed by atoms with Crippen molar-refractivity contribution in [3.05, 3.63) is 48.3 Å². The Morgan fingerprint density at radius 1 is 1.33 bits per heavy atom. The summed E-state index contributed by atoms with van der Waals surface area (Å²) in [6.45, 7) is 4.18. The minimum atomic E-state index is 0.186. The first-order valence-electron chi connectivity index (χ1n) is 9.52. The lowest BCUT2D eigenvalue weighted by Gasteiger charge is -2.33. The SMILES string of the molecule is COCCN(C)CC(=O)N1CCC[C@H](c2nccn2Cc2ccncc2)C1. The molecule has 1 saturated heterocycles. The zero-order valence-corrected chi connectivity index (χ0v) is 16.3. The Balaban J connectivity index is 1.61. The Hall–Kier alpha value is -2.25. The van der Waals surface area contributed by atoms with E-state index in [4.69, 9.17) is 4.74 Å². The number of hydrogen-bond donors (Lipinski definition) is 0. The molecule has 0 aromatic carbocycles. The van der Waals surface area contributed by atoms with Gasteiger partial charge in [0, 0.05) is 64.0 Å². The largest absolute Gasteiger partial charge is 0.383 e. The minimum Gasteiger partial charge on any atom is -0.383 e. The number of carbonyl (C=O) groups excluding carboxylic acids is 1. The predicted octanol–water partition coefficient (Wildman–Crippen LogP) is 1.61. The maximum Gasteiger partial charge on any atom is 0.236 e. The highest BCUT2D eigenvalue weighted by molar-refractivity contribution is 5.78. The zero-order chi connectivity index (χ0) is 19.1. The number of ether oxygens (including phenoxy) is 1. The van der Waals surface area contributed by atoms with Crippen LogP contribution >= 0.6 is 0 Å². The van der Waals surface area contributed by atoms with Crippen LogP contribution in [0.1, 0.15) is 30.1 Å². The first-order valence-corrected chi connectivity index (χ1v) is 9.52. The number of likely N-dealkylation sites (tertiary alicyclic amines) is 1. The second kappa shape index (κ2) is 9.62. The molecule has 0 bridgehead atoms. The highest BCUT2D eigenvalue weighted by atomic mass is 16.5. The van der Waals surface area contributed by atoms with E-state index in [0.717, 1.165) is 44.8 Å². The third kappa shape index (κ3) is 5.37. The lowest BCUT2D eigenvalue weighted by Crippen LogP contribution is -2.44. The number of amides is 1. The van der Waals surface area contributed by atoms with E-state index in [2.05, 4.69) is 14.5 Å². The Bertz CT molecular complexity index is 718. The van der Waals surface area contributed by atoms with Crippen molar-refractivity contribution < 1.29 is 9.53 Å². The van der Waals surface area contributed by atoms with Crippen molar-refractivity contribution in [3.63, 3.8) is 0 Å². The Kier molecular flexibility index (Phi) is 6.95. The van der Waals surface area contributed by atoms with Gasteiger partial charge in [0.05, 0.1) is 13.2 Å². The normalized spacial score (nSPS) is 17.4. The predicted molar refractivity (Wildman–Crippen MR) is 103 cm³/mol. The van der Waals surface area contributed by atoms with E-state index in [-0.39, 0.29) is 11.8 Å². The summed E-state index contributed by atoms with van der Waals surface area (Å²) < 4.78 is 7.28. The molecule has 1 amide bonds. The fourth-order valence-corrected chi connectivity index (χ4v) is 3.57. The summed E-state index contributed by atoms with van der Waals surface area (Å²) in [5, 5.41) is 0. The summed E-state index contributed by atoms with van der Waals surface area (Å²) in [6.07, 6.45) is 9.59. The molecule has 27 heavy (non-hydrogen) atoms. The van der Waals surface area contributed by atoms with Gasteiger partial charge in [0.25, 0.3) is 0 Å². The molecule has 1 fully saturated rings. The van der Waals surface area contributed by atoms with Gasteiger partial charge in [-0.3, -0.25) is 14.7 Å². The molecule has 0 spiro atoms. The highest BCUT2D eigenvalue weighted by Crippen LogP contribution is 2.26. The quantitative estimate of drug-likeness (QED) is 0.705. The molecular weight excluding hydrogens is 342 g/mol. The highest BCUT2D eigenvalue weighted by Gasteiger charge is 2.27. The molecule has 0 unspecified atom stereocenters. The molecule has 1 atom stereocenters. The van der Waals surface area contributed by atoms with Crippen molar-refractivity contribution in [3.8, 4) is 0 Å². The summed E-state index contributed by atoms with van der Waals surface area (Å²) >= 11 is 0. The van der Waals surface area contributed by atoms with E-state index < -0.39 is 0 Å². The van der Waals surface area contributed by atoms with Crippen LogP contribution in [0.25, 0.3) is 0 Å². The summed E-state index contributed by atoms with van der Waals surface area (Å²) in [5.41, 5.74) is 1.20. The van der Waals surface area contributed by atoms with Gasteiger partial charge < -0.3 is 14.2 Å². The molecule has 146 valence electrons. The lowest BCUT2D eigenvalue weighted by molar-refractivity contribution is -0.133. The number of rotatable bonds is 8. The van der Waals surface area contributed by atoms with Crippen LogP contribution in [0.2, 0.25) is 0 Å². The molecule has 7 nitrogen and oxygen atoms in total. The first kappa shape index (κ1) is 19.5. The number of likely N-dealkylation sites (N-methyl/N-ethyl adjacent to an activating group) is 1. The van der Waals surface area contributed by atoms with Crippen LogP contribution < -0.4 is 0 Å². The van der Waals surface area contributed by atoms with Crippen molar-refractivity contribution in [1.82, 2.24) is 24.3 Å². The summed E-state index contributed by atoms with van der Waals surface area (Å²) in [7, 11) is 3.64. The van der Waals surface area contributed by atoms with Gasteiger partial charge in [-0.2, -0.15) is 0 Å². The second-order valence-corrected chi connectivity index (χ2v) is 7.18. The summed E-state index contributed by atoms with van der Waals surface area (Å²) in [4.78, 5) is 25.4. The van der Waals surface area contributed by atoms with Crippen molar-refractivity contribution >= 4 is 5.91 Å². The average Bonchev–Trinajstić information content (AvgIpc) is 3.15. The van der Waals surface area contributed by atoms with Crippen LogP contribution in [0.3, 0.4) is 0 Å². The van der Waals surface area contributed by atoms with Gasteiger partial charge in [0.2, 0.25) is 5.91 Å². The summed E-state index contributed by atoms with van der Waals surface area (Å²) in [6, 6.07) is 4.05. The standard InChI is InChI=1S/C20H29N5O2/c1-23(12-13-27-2)16-19(26)24-10-3-4-18(15-24)20-22-9-11-25(20)14-17-5-7-21-8-6-17/h5-9,11,18H,3-4,10,12-16H2,1-2H3/t18-/m0/s1. The monoisotopic (exact) mass is 371 g/mol. The van der Waals surface area contributed by atoms with Gasteiger partial charge in [-0.05, 0) is 37.6 Å². The molecular formula is C20H29N5O2. The number of nitrogens with zero attached hydrogens (tertiary/aromatic N) is 5. The zero-order valence-electron chi connectivity index (χ0n) is 16.3. The molecule has 0 saturated carbocycles. The number of methoxy groups -OCH3 is 1. The van der Waals surface area contributed by atoms with Gasteiger partial charge >= 0.3 is 0 Å².